The van der Waals surface area contributed by atoms with Crippen molar-refractivity contribution in [3.63, 3.8) is 0 Å². The van der Waals surface area contributed by atoms with Gasteiger partial charge in [0.05, 0.1) is 0 Å². The molecule has 0 aromatic heterocycles. The zero-order valence-electron chi connectivity index (χ0n) is 51.1. The molecule has 0 fully saturated rings. The quantitative estimate of drug-likeness (QED) is 0.0785. The lowest BCUT2D eigenvalue weighted by Crippen LogP contribution is -2.20. The van der Waals surface area contributed by atoms with Crippen molar-refractivity contribution in [3.8, 4) is 69.0 Å². The van der Waals surface area contributed by atoms with Gasteiger partial charge in [-0.3, -0.25) is 9.59 Å². The van der Waals surface area contributed by atoms with Crippen LogP contribution in [0.2, 0.25) is 0 Å². The molecule has 0 amide bonds. The van der Waals surface area contributed by atoms with Crippen LogP contribution < -0.4 is 28.4 Å². The maximum absolute atomic E-state index is 13.0. The smallest absolute Gasteiger partial charge is 0.193 e. The van der Waals surface area contributed by atoms with Crippen LogP contribution >= 0.6 is 0 Å². The van der Waals surface area contributed by atoms with Crippen LogP contribution in [0.3, 0.4) is 0 Å². The van der Waals surface area contributed by atoms with Gasteiger partial charge in [0, 0.05) is 27.7 Å². The second kappa shape index (κ2) is 24.3. The molecule has 428 valence electrons. The van der Waals surface area contributed by atoms with E-state index in [2.05, 4.69) is 65.8 Å². The summed E-state index contributed by atoms with van der Waals surface area (Å²) in [6.45, 7) is 29.2. The molecule has 8 nitrogen and oxygen atoms in total. The van der Waals surface area contributed by atoms with Crippen LogP contribution in [0.4, 0.5) is 0 Å². The number of benzene rings is 10. The third kappa shape index (κ3) is 12.8. The Bertz CT molecular complexity index is 3770. The van der Waals surface area contributed by atoms with Crippen LogP contribution in [-0.4, -0.2) is 11.6 Å². The van der Waals surface area contributed by atoms with Crippen LogP contribution in [0.15, 0.2) is 182 Å². The summed E-state index contributed by atoms with van der Waals surface area (Å²) in [5, 5.41) is 0. The number of hydrogen-bond acceptors (Lipinski definition) is 8. The van der Waals surface area contributed by atoms with Crippen molar-refractivity contribution in [2.75, 3.05) is 0 Å². The zero-order chi connectivity index (χ0) is 60.4. The molecule has 0 saturated carbocycles. The molecule has 10 aromatic rings. The Labute approximate surface area is 500 Å². The summed E-state index contributed by atoms with van der Waals surface area (Å²) in [6.07, 6.45) is 0. The van der Waals surface area contributed by atoms with Crippen molar-refractivity contribution in [3.05, 3.63) is 282 Å². The molecule has 0 bridgehead atoms. The lowest BCUT2D eigenvalue weighted by molar-refractivity contribution is 0.103. The molecule has 10 aromatic carbocycles. The summed E-state index contributed by atoms with van der Waals surface area (Å²) in [5.74, 6) is 8.84. The van der Waals surface area contributed by atoms with Crippen molar-refractivity contribution in [1.29, 1.82) is 0 Å². The molecule has 0 N–H and O–H groups in total. The van der Waals surface area contributed by atoms with Gasteiger partial charge < -0.3 is 28.4 Å². The maximum atomic E-state index is 13.0. The van der Waals surface area contributed by atoms with Crippen LogP contribution in [0, 0.1) is 83.1 Å². The molecule has 0 spiro atoms. The molecular weight excluding hydrogens is 1050 g/mol. The molecule has 8 heteroatoms. The lowest BCUT2D eigenvalue weighted by Gasteiger charge is -2.29. The van der Waals surface area contributed by atoms with Gasteiger partial charge >= 0.3 is 0 Å². The molecule has 85 heavy (non-hydrogen) atoms. The molecule has 0 aliphatic rings. The fraction of sp³-hybridized carbons (Fsp3) is 0.195. The number of hydrogen-bond donors (Lipinski definition) is 0. The van der Waals surface area contributed by atoms with Crippen molar-refractivity contribution < 1.29 is 38.0 Å². The molecule has 0 unspecified atom stereocenters. The first-order valence-corrected chi connectivity index (χ1v) is 28.8. The van der Waals surface area contributed by atoms with E-state index in [1.807, 2.05) is 189 Å². The van der Waals surface area contributed by atoms with Gasteiger partial charge in [0.2, 0.25) is 0 Å². The highest BCUT2D eigenvalue weighted by atomic mass is 16.5. The van der Waals surface area contributed by atoms with Crippen molar-refractivity contribution >= 4 is 11.6 Å². The predicted octanol–water partition coefficient (Wildman–Crippen LogP) is 20.9. The van der Waals surface area contributed by atoms with Crippen LogP contribution in [0.25, 0.3) is 0 Å². The van der Waals surface area contributed by atoms with Crippen LogP contribution in [-0.2, 0) is 5.41 Å². The highest BCUT2D eigenvalue weighted by Crippen LogP contribution is 2.44. The Balaban J connectivity index is 0.776. The van der Waals surface area contributed by atoms with Crippen molar-refractivity contribution in [1.82, 2.24) is 0 Å². The average molecular weight is 1130 g/mol. The number of rotatable bonds is 18. The summed E-state index contributed by atoms with van der Waals surface area (Å²) >= 11 is 0. The standard InChI is InChI=1S/C77H72O8/c1-45-33-61(34-46(2)71(45)82-65-41-53(9)75(54(10)42-65)84-67-37-49(5)73(50(6)38-67)80-63-29-25-59(26-30-63)69(78)57-21-17-15-18-22-57)77(13,14)62-35-47(3)72(48(4)36-62)83-66-43-55(11)76(56(12)44-66)85-68-39-51(7)74(52(8)40-68)81-64-31-27-60(28-32-64)70(79)58-23-19-16-20-24-58/h15-44H,1-14H3. The van der Waals surface area contributed by atoms with Crippen LogP contribution in [0.5, 0.6) is 69.0 Å². The van der Waals surface area contributed by atoms with E-state index in [1.54, 1.807) is 24.3 Å². The van der Waals surface area contributed by atoms with E-state index in [1.165, 1.54) is 11.1 Å². The second-order valence-electron chi connectivity index (χ2n) is 23.1. The van der Waals surface area contributed by atoms with E-state index in [-0.39, 0.29) is 17.0 Å². The SMILES string of the molecule is Cc1cc(Oc2c(C)cc(Oc3c(C)cc(C(C)(C)c4cc(C)c(Oc5cc(C)c(Oc6cc(C)c(Oc7ccc(C(=O)c8ccccc8)cc7)c(C)c6)c(C)c5)c(C)c4)cc3C)cc2C)cc(C)c1Oc1ccc(C(=O)c2ccccc2)cc1. The van der Waals surface area contributed by atoms with E-state index in [4.69, 9.17) is 28.4 Å². The summed E-state index contributed by atoms with van der Waals surface area (Å²) in [6, 6.07) is 58.1. The number of aryl methyl sites for hydroxylation is 12. The van der Waals surface area contributed by atoms with Gasteiger partial charge in [-0.2, -0.15) is 0 Å². The summed E-state index contributed by atoms with van der Waals surface area (Å²) in [5.41, 5.74) is 16.2. The summed E-state index contributed by atoms with van der Waals surface area (Å²) < 4.78 is 39.3. The predicted molar refractivity (Wildman–Crippen MR) is 341 cm³/mol. The average Bonchev–Trinajstić information content (AvgIpc) is 3.67. The summed E-state index contributed by atoms with van der Waals surface area (Å²) in [7, 11) is 0. The Hall–Kier alpha value is -9.66. The first-order chi connectivity index (χ1) is 40.6. The van der Waals surface area contributed by atoms with E-state index in [0.717, 1.165) is 113 Å². The van der Waals surface area contributed by atoms with E-state index in [0.29, 0.717) is 45.3 Å². The minimum atomic E-state index is -0.339. The zero-order valence-corrected chi connectivity index (χ0v) is 51.1. The van der Waals surface area contributed by atoms with E-state index in [9.17, 15) is 9.59 Å². The van der Waals surface area contributed by atoms with Gasteiger partial charge in [0.25, 0.3) is 0 Å². The molecule has 0 aliphatic carbocycles. The minimum absolute atomic E-state index is 0.0280. The Morgan fingerprint density at radius 3 is 0.659 bits per heavy atom. The Morgan fingerprint density at radius 1 is 0.247 bits per heavy atom. The minimum Gasteiger partial charge on any atom is -0.457 e. The largest absolute Gasteiger partial charge is 0.457 e. The molecule has 0 saturated heterocycles. The second-order valence-corrected chi connectivity index (χ2v) is 23.1. The molecule has 0 radical (unpaired) electrons. The molecular formula is C77H72O8. The molecule has 0 aliphatic heterocycles. The third-order valence-corrected chi connectivity index (χ3v) is 15.7. The Kier molecular flexibility index (Phi) is 16.7. The van der Waals surface area contributed by atoms with E-state index < -0.39 is 0 Å². The number of ether oxygens (including phenoxy) is 6. The van der Waals surface area contributed by atoms with Gasteiger partial charge in [-0.15, -0.1) is 0 Å². The highest BCUT2D eigenvalue weighted by Gasteiger charge is 2.27. The third-order valence-electron chi connectivity index (χ3n) is 15.7. The number of carbonyl (C=O) groups excluding carboxylic acids is 2. The van der Waals surface area contributed by atoms with Gasteiger partial charge in [0.15, 0.2) is 11.6 Å². The summed E-state index contributed by atoms with van der Waals surface area (Å²) in [4.78, 5) is 25.9. The van der Waals surface area contributed by atoms with Crippen LogP contribution in [0.1, 0.15) is 124 Å². The monoisotopic (exact) mass is 1120 g/mol. The fourth-order valence-electron chi connectivity index (χ4n) is 11.2. The van der Waals surface area contributed by atoms with Gasteiger partial charge in [-0.25, -0.2) is 0 Å². The van der Waals surface area contributed by atoms with Gasteiger partial charge in [0.1, 0.15) is 69.0 Å². The van der Waals surface area contributed by atoms with E-state index >= 15 is 0 Å². The van der Waals surface area contributed by atoms with Crippen molar-refractivity contribution in [2.24, 2.45) is 0 Å². The molecule has 0 heterocycles. The lowest BCUT2D eigenvalue weighted by atomic mass is 9.76. The fourth-order valence-corrected chi connectivity index (χ4v) is 11.2. The topological polar surface area (TPSA) is 89.5 Å². The van der Waals surface area contributed by atoms with Crippen molar-refractivity contribution in [2.45, 2.75) is 102 Å². The Morgan fingerprint density at radius 2 is 0.435 bits per heavy atom. The molecule has 10 rings (SSSR count). The first-order valence-electron chi connectivity index (χ1n) is 28.8. The molecule has 0 atom stereocenters. The van der Waals surface area contributed by atoms with Gasteiger partial charge in [-0.05, 0) is 258 Å². The number of carbonyl (C=O) groups is 2. The maximum Gasteiger partial charge on any atom is 0.193 e. The highest BCUT2D eigenvalue weighted by molar-refractivity contribution is 6.09. The number of ketones is 2. The first kappa shape index (κ1) is 58.5. The van der Waals surface area contributed by atoms with Gasteiger partial charge in [-0.1, -0.05) is 98.8 Å². The normalized spacial score (nSPS) is 11.3.